The van der Waals surface area contributed by atoms with E-state index in [1.54, 1.807) is 46.0 Å². The summed E-state index contributed by atoms with van der Waals surface area (Å²) in [6.07, 6.45) is 10.3. The normalized spacial score (nSPS) is 14.8. The lowest BCUT2D eigenvalue weighted by molar-refractivity contribution is 0.0948. The molecule has 2 rings (SSSR count). The second kappa shape index (κ2) is 13.9. The Hall–Kier alpha value is -2.45. The number of nitrogens with one attached hydrogen (secondary N) is 1. The maximum Gasteiger partial charge on any atom is 0.255 e. The zero-order chi connectivity index (χ0) is 23.3. The maximum absolute atomic E-state index is 12.7. The zero-order valence-electron chi connectivity index (χ0n) is 19.3. The molecule has 176 valence electrons. The van der Waals surface area contributed by atoms with Crippen molar-refractivity contribution in [3.63, 3.8) is 0 Å². The second-order valence-corrected chi connectivity index (χ2v) is 8.22. The molecule has 0 atom stereocenters. The van der Waals surface area contributed by atoms with E-state index in [-0.39, 0.29) is 5.91 Å². The number of carbonyl (C=O) groups excluding carboxylic acids is 1. The third-order valence-corrected chi connectivity index (χ3v) is 5.65. The van der Waals surface area contributed by atoms with Crippen LogP contribution in [0.15, 0.2) is 52.4 Å². The Morgan fingerprint density at radius 2 is 1.78 bits per heavy atom. The molecule has 1 amide bonds. The summed E-state index contributed by atoms with van der Waals surface area (Å²) in [5.74, 6) is 0.774. The van der Waals surface area contributed by atoms with Crippen molar-refractivity contribution >= 4 is 21.8 Å². The van der Waals surface area contributed by atoms with Gasteiger partial charge >= 0.3 is 0 Å². The number of halogens is 1. The molecule has 0 radical (unpaired) electrons. The second-order valence-electron chi connectivity index (χ2n) is 7.31. The molecule has 1 N–H and O–H groups in total. The number of allylic oxidation sites excluding steroid dienone is 1. The first kappa shape index (κ1) is 25.8. The van der Waals surface area contributed by atoms with Gasteiger partial charge in [-0.25, -0.2) is 0 Å². The number of benzene rings is 1. The number of methoxy groups -OCH3 is 4. The molecule has 0 bridgehead atoms. The molecule has 32 heavy (non-hydrogen) atoms. The first-order chi connectivity index (χ1) is 15.5. The van der Waals surface area contributed by atoms with Crippen molar-refractivity contribution < 1.29 is 23.7 Å². The minimum Gasteiger partial charge on any atom is -0.504 e. The van der Waals surface area contributed by atoms with Crippen molar-refractivity contribution in [1.29, 1.82) is 0 Å². The molecule has 0 saturated carbocycles. The van der Waals surface area contributed by atoms with Crippen LogP contribution in [0.25, 0.3) is 0 Å². The predicted molar refractivity (Wildman–Crippen MR) is 129 cm³/mol. The van der Waals surface area contributed by atoms with Crippen LogP contribution in [0.3, 0.4) is 0 Å². The van der Waals surface area contributed by atoms with Gasteiger partial charge in [-0.1, -0.05) is 15.9 Å². The number of carbonyl (C=O) groups is 1. The summed E-state index contributed by atoms with van der Waals surface area (Å²) >= 11 is 3.41. The molecule has 0 saturated heterocycles. The third-order valence-electron chi connectivity index (χ3n) is 5.19. The summed E-state index contributed by atoms with van der Waals surface area (Å²) in [4.78, 5) is 15.1. The van der Waals surface area contributed by atoms with E-state index in [2.05, 4.69) is 26.1 Å². The van der Waals surface area contributed by atoms with Gasteiger partial charge in [-0.05, 0) is 61.2 Å². The fourth-order valence-corrected chi connectivity index (χ4v) is 4.00. The van der Waals surface area contributed by atoms with Gasteiger partial charge in [0.2, 0.25) is 0 Å². The van der Waals surface area contributed by atoms with E-state index >= 15 is 0 Å². The van der Waals surface area contributed by atoms with Gasteiger partial charge in [0.25, 0.3) is 5.91 Å². The summed E-state index contributed by atoms with van der Waals surface area (Å²) in [5, 5.41) is 2.98. The maximum atomic E-state index is 12.7. The van der Waals surface area contributed by atoms with E-state index in [9.17, 15) is 4.79 Å². The highest BCUT2D eigenvalue weighted by molar-refractivity contribution is 9.10. The number of unbranched alkanes of at least 4 members (excludes halogenated alkanes) is 1. The van der Waals surface area contributed by atoms with Crippen LogP contribution in [-0.4, -0.2) is 65.4 Å². The van der Waals surface area contributed by atoms with Crippen LogP contribution in [-0.2, 0) is 9.47 Å². The average Bonchev–Trinajstić information content (AvgIpc) is 2.80. The SMILES string of the molecule is CO/C=C/C1=C(/C=C/OC)CN(CCCCNC(=O)c2cc(Br)cc(OC)c2OC)CC1. The van der Waals surface area contributed by atoms with Gasteiger partial charge in [-0.15, -0.1) is 0 Å². The highest BCUT2D eigenvalue weighted by atomic mass is 79.9. The van der Waals surface area contributed by atoms with Crippen molar-refractivity contribution in [2.24, 2.45) is 0 Å². The molecule has 8 heteroatoms. The molecule has 7 nitrogen and oxygen atoms in total. The first-order valence-corrected chi connectivity index (χ1v) is 11.4. The van der Waals surface area contributed by atoms with Crippen LogP contribution in [0.5, 0.6) is 11.5 Å². The summed E-state index contributed by atoms with van der Waals surface area (Å²) < 4.78 is 21.6. The largest absolute Gasteiger partial charge is 0.504 e. The van der Waals surface area contributed by atoms with E-state index in [0.717, 1.165) is 43.4 Å². The Morgan fingerprint density at radius 3 is 2.44 bits per heavy atom. The fraction of sp³-hybridized carbons (Fsp3) is 0.458. The molecule has 1 heterocycles. The van der Waals surface area contributed by atoms with E-state index in [1.165, 1.54) is 18.3 Å². The summed E-state index contributed by atoms with van der Waals surface area (Å²) in [6, 6.07) is 3.51. The number of nitrogens with zero attached hydrogens (tertiary/aromatic N) is 1. The van der Waals surface area contributed by atoms with Gasteiger partial charge < -0.3 is 24.3 Å². The minimum atomic E-state index is -0.177. The van der Waals surface area contributed by atoms with E-state index in [1.807, 2.05) is 12.2 Å². The molecule has 1 aromatic rings. The monoisotopic (exact) mass is 508 g/mol. The Kier molecular flexibility index (Phi) is 11.2. The van der Waals surface area contributed by atoms with Crippen molar-refractivity contribution in [2.75, 3.05) is 54.6 Å². The molecule has 0 unspecified atom stereocenters. The Labute approximate surface area is 199 Å². The molecule has 1 aliphatic heterocycles. The van der Waals surface area contributed by atoms with Crippen molar-refractivity contribution in [3.8, 4) is 11.5 Å². The van der Waals surface area contributed by atoms with Gasteiger partial charge in [0, 0.05) is 24.1 Å². The highest BCUT2D eigenvalue weighted by Gasteiger charge is 2.18. The van der Waals surface area contributed by atoms with E-state index in [4.69, 9.17) is 18.9 Å². The summed E-state index contributed by atoms with van der Waals surface area (Å²) in [7, 11) is 6.38. The van der Waals surface area contributed by atoms with Crippen LogP contribution in [0.4, 0.5) is 0 Å². The quantitative estimate of drug-likeness (QED) is 0.335. The summed E-state index contributed by atoms with van der Waals surface area (Å²) in [5.41, 5.74) is 2.95. The topological polar surface area (TPSA) is 69.3 Å². The third kappa shape index (κ3) is 7.60. The van der Waals surface area contributed by atoms with Gasteiger partial charge in [0.05, 0.1) is 46.5 Å². The van der Waals surface area contributed by atoms with Crippen LogP contribution in [0.2, 0.25) is 0 Å². The van der Waals surface area contributed by atoms with Gasteiger partial charge in [0.15, 0.2) is 11.5 Å². The molecule has 0 spiro atoms. The Balaban J connectivity index is 1.84. The lowest BCUT2D eigenvalue weighted by Crippen LogP contribution is -2.32. The van der Waals surface area contributed by atoms with Gasteiger partial charge in [-0.2, -0.15) is 0 Å². The lowest BCUT2D eigenvalue weighted by atomic mass is 9.99. The molecular weight excluding hydrogens is 476 g/mol. The first-order valence-electron chi connectivity index (χ1n) is 10.6. The van der Waals surface area contributed by atoms with Crippen LogP contribution < -0.4 is 14.8 Å². The van der Waals surface area contributed by atoms with Gasteiger partial charge in [0.1, 0.15) is 0 Å². The lowest BCUT2D eigenvalue weighted by Gasteiger charge is -2.29. The molecule has 1 aliphatic rings. The van der Waals surface area contributed by atoms with E-state index in [0.29, 0.717) is 23.6 Å². The van der Waals surface area contributed by atoms with Gasteiger partial charge in [-0.3, -0.25) is 9.69 Å². The Bertz CT molecular complexity index is 851. The number of hydrogen-bond acceptors (Lipinski definition) is 6. The molecule has 0 aliphatic carbocycles. The standard InChI is InChI=1S/C24H33BrN2O5/c1-29-13-8-18-7-12-27(17-19(18)9-14-30-2)11-6-5-10-26-24(28)21-15-20(25)16-22(31-3)23(21)32-4/h8-9,13-16H,5-7,10-12,17H2,1-4H3,(H,26,28)/b13-8+,14-9+. The number of ether oxygens (including phenoxy) is 4. The van der Waals surface area contributed by atoms with Crippen molar-refractivity contribution in [1.82, 2.24) is 10.2 Å². The molecular formula is C24H33BrN2O5. The van der Waals surface area contributed by atoms with Crippen LogP contribution in [0.1, 0.15) is 29.6 Å². The number of rotatable bonds is 12. The number of amides is 1. The Morgan fingerprint density at radius 1 is 1.06 bits per heavy atom. The zero-order valence-corrected chi connectivity index (χ0v) is 20.9. The molecule has 0 aromatic heterocycles. The fourth-order valence-electron chi connectivity index (χ4n) is 3.56. The molecule has 1 aromatic carbocycles. The number of hydrogen-bond donors (Lipinski definition) is 1. The van der Waals surface area contributed by atoms with Crippen molar-refractivity contribution in [3.05, 3.63) is 58.0 Å². The smallest absolute Gasteiger partial charge is 0.255 e. The van der Waals surface area contributed by atoms with Crippen LogP contribution >= 0.6 is 15.9 Å². The van der Waals surface area contributed by atoms with Crippen LogP contribution in [0, 0.1) is 0 Å². The minimum absolute atomic E-state index is 0.177. The highest BCUT2D eigenvalue weighted by Crippen LogP contribution is 2.34. The van der Waals surface area contributed by atoms with Crippen molar-refractivity contribution in [2.45, 2.75) is 19.3 Å². The molecule has 0 fully saturated rings. The average molecular weight is 509 g/mol. The van der Waals surface area contributed by atoms with E-state index < -0.39 is 0 Å². The summed E-state index contributed by atoms with van der Waals surface area (Å²) in [6.45, 7) is 3.42. The predicted octanol–water partition coefficient (Wildman–Crippen LogP) is 4.30.